The molecule has 70 valence electrons. The molecule has 0 aliphatic heterocycles. The minimum absolute atomic E-state index is 0.00106. The van der Waals surface area contributed by atoms with Crippen molar-refractivity contribution in [2.24, 2.45) is 5.73 Å². The maximum atomic E-state index is 10.3. The van der Waals surface area contributed by atoms with E-state index in [1.807, 2.05) is 0 Å². The van der Waals surface area contributed by atoms with Gasteiger partial charge in [-0.2, -0.15) is 5.10 Å². The van der Waals surface area contributed by atoms with Gasteiger partial charge in [-0.15, -0.1) is 0 Å². The predicted molar refractivity (Wildman–Crippen MR) is 47.1 cm³/mol. The highest BCUT2D eigenvalue weighted by atomic mass is 16.6. The molecule has 0 unspecified atom stereocenters. The van der Waals surface area contributed by atoms with E-state index in [-0.39, 0.29) is 5.69 Å². The van der Waals surface area contributed by atoms with E-state index in [0.717, 1.165) is 0 Å². The molecular weight excluding hydrogens is 172 g/mol. The van der Waals surface area contributed by atoms with Crippen LogP contribution in [-0.4, -0.2) is 21.2 Å². The third-order valence-corrected chi connectivity index (χ3v) is 1.43. The maximum absolute atomic E-state index is 10.3. The van der Waals surface area contributed by atoms with Crippen LogP contribution in [0.2, 0.25) is 0 Å². The summed E-state index contributed by atoms with van der Waals surface area (Å²) in [7, 11) is 0. The Morgan fingerprint density at radius 3 is 3.00 bits per heavy atom. The first-order chi connectivity index (χ1) is 6.24. The minimum atomic E-state index is -0.476. The lowest BCUT2D eigenvalue weighted by molar-refractivity contribution is -0.385. The van der Waals surface area contributed by atoms with Gasteiger partial charge in [0.2, 0.25) is 0 Å². The largest absolute Gasteiger partial charge is 0.327 e. The highest BCUT2D eigenvalue weighted by Gasteiger charge is 2.06. The Hall–Kier alpha value is -1.69. The van der Waals surface area contributed by atoms with Crippen LogP contribution in [0.4, 0.5) is 5.69 Å². The Morgan fingerprint density at radius 1 is 1.69 bits per heavy atom. The summed E-state index contributed by atoms with van der Waals surface area (Å²) in [4.78, 5) is 9.78. The quantitative estimate of drug-likeness (QED) is 0.412. The first kappa shape index (κ1) is 9.40. The minimum Gasteiger partial charge on any atom is -0.327 e. The summed E-state index contributed by atoms with van der Waals surface area (Å²) < 4.78 is 1.48. The zero-order valence-electron chi connectivity index (χ0n) is 6.96. The van der Waals surface area contributed by atoms with Gasteiger partial charge in [0.1, 0.15) is 12.4 Å². The van der Waals surface area contributed by atoms with Crippen LogP contribution in [0.5, 0.6) is 0 Å². The van der Waals surface area contributed by atoms with E-state index < -0.39 is 4.92 Å². The molecular formula is C7H10N4O2. The molecule has 13 heavy (non-hydrogen) atoms. The summed E-state index contributed by atoms with van der Waals surface area (Å²) in [5.74, 6) is 0. The third-order valence-electron chi connectivity index (χ3n) is 1.43. The molecule has 1 rings (SSSR count). The van der Waals surface area contributed by atoms with E-state index in [1.54, 1.807) is 12.2 Å². The second-order valence-electron chi connectivity index (χ2n) is 2.38. The summed E-state index contributed by atoms with van der Waals surface area (Å²) in [5, 5.41) is 14.1. The lowest BCUT2D eigenvalue weighted by Crippen LogP contribution is -1.97. The number of hydrogen-bond acceptors (Lipinski definition) is 4. The smallest absolute Gasteiger partial charge is 0.307 e. The molecule has 0 spiro atoms. The molecule has 0 amide bonds. The Bertz CT molecular complexity index is 318. The molecule has 0 saturated heterocycles. The lowest BCUT2D eigenvalue weighted by atomic mass is 10.5. The second kappa shape index (κ2) is 4.36. The normalized spacial score (nSPS) is 10.8. The molecule has 0 atom stereocenters. The lowest BCUT2D eigenvalue weighted by Gasteiger charge is -1.91. The number of nitrogens with two attached hydrogens (primary N) is 1. The molecule has 1 heterocycles. The highest BCUT2D eigenvalue weighted by molar-refractivity contribution is 5.20. The molecule has 0 aliphatic carbocycles. The zero-order valence-corrected chi connectivity index (χ0v) is 6.96. The molecule has 0 aromatic carbocycles. The fourth-order valence-corrected chi connectivity index (χ4v) is 0.826. The number of allylic oxidation sites excluding steroid dienone is 1. The first-order valence-corrected chi connectivity index (χ1v) is 3.76. The summed E-state index contributed by atoms with van der Waals surface area (Å²) in [6.07, 6.45) is 6.17. The fraction of sp³-hybridized carbons (Fsp3) is 0.286. The summed E-state index contributed by atoms with van der Waals surface area (Å²) in [6.45, 7) is 0.967. The molecule has 6 nitrogen and oxygen atoms in total. The van der Waals surface area contributed by atoms with Crippen LogP contribution < -0.4 is 5.73 Å². The van der Waals surface area contributed by atoms with Gasteiger partial charge in [0, 0.05) is 6.54 Å². The standard InChI is InChI=1S/C7H10N4O2/c8-3-1-2-4-10-6-7(5-9-10)11(12)13/h1-2,5-6H,3-4,8H2. The van der Waals surface area contributed by atoms with Crippen molar-refractivity contribution in [3.05, 3.63) is 34.7 Å². The maximum Gasteiger partial charge on any atom is 0.307 e. The Kier molecular flexibility index (Phi) is 3.15. The number of rotatable bonds is 4. The topological polar surface area (TPSA) is 87.0 Å². The first-order valence-electron chi connectivity index (χ1n) is 3.76. The van der Waals surface area contributed by atoms with Crippen molar-refractivity contribution in [2.75, 3.05) is 6.54 Å². The fourth-order valence-electron chi connectivity index (χ4n) is 0.826. The second-order valence-corrected chi connectivity index (χ2v) is 2.38. The summed E-state index contributed by atoms with van der Waals surface area (Å²) >= 11 is 0. The number of nitro groups is 1. The zero-order chi connectivity index (χ0) is 9.68. The van der Waals surface area contributed by atoms with Crippen molar-refractivity contribution in [1.82, 2.24) is 9.78 Å². The Morgan fingerprint density at radius 2 is 2.46 bits per heavy atom. The molecule has 1 aromatic heterocycles. The van der Waals surface area contributed by atoms with Crippen molar-refractivity contribution in [1.29, 1.82) is 0 Å². The SMILES string of the molecule is NCC=CCn1cc([N+](=O)[O-])cn1. The predicted octanol–water partition coefficient (Wildman–Crippen LogP) is 0.306. The molecule has 0 bridgehead atoms. The Labute approximate surface area is 74.8 Å². The van der Waals surface area contributed by atoms with Crippen molar-refractivity contribution in [2.45, 2.75) is 6.54 Å². The highest BCUT2D eigenvalue weighted by Crippen LogP contribution is 2.07. The van der Waals surface area contributed by atoms with Crippen LogP contribution in [0.25, 0.3) is 0 Å². The van der Waals surface area contributed by atoms with E-state index in [1.165, 1.54) is 17.1 Å². The molecule has 6 heteroatoms. The van der Waals surface area contributed by atoms with Gasteiger partial charge in [-0.25, -0.2) is 0 Å². The van der Waals surface area contributed by atoms with Crippen LogP contribution in [0.1, 0.15) is 0 Å². The van der Waals surface area contributed by atoms with Gasteiger partial charge in [-0.1, -0.05) is 12.2 Å². The molecule has 0 aliphatic rings. The summed E-state index contributed by atoms with van der Waals surface area (Å²) in [5.41, 5.74) is 5.22. The van der Waals surface area contributed by atoms with Crippen LogP contribution >= 0.6 is 0 Å². The van der Waals surface area contributed by atoms with Gasteiger partial charge >= 0.3 is 5.69 Å². The molecule has 0 saturated carbocycles. The van der Waals surface area contributed by atoms with Gasteiger partial charge in [0.15, 0.2) is 0 Å². The summed E-state index contributed by atoms with van der Waals surface area (Å²) in [6, 6.07) is 0. The molecule has 0 radical (unpaired) electrons. The van der Waals surface area contributed by atoms with E-state index in [4.69, 9.17) is 5.73 Å². The van der Waals surface area contributed by atoms with E-state index in [2.05, 4.69) is 5.10 Å². The average Bonchev–Trinajstić information content (AvgIpc) is 2.53. The Balaban J connectivity index is 2.59. The van der Waals surface area contributed by atoms with Crippen LogP contribution in [0.15, 0.2) is 24.5 Å². The van der Waals surface area contributed by atoms with Gasteiger partial charge in [-0.3, -0.25) is 14.8 Å². The van der Waals surface area contributed by atoms with Gasteiger partial charge < -0.3 is 5.73 Å². The van der Waals surface area contributed by atoms with E-state index in [0.29, 0.717) is 13.1 Å². The van der Waals surface area contributed by atoms with Crippen LogP contribution in [0.3, 0.4) is 0 Å². The number of hydrogen-bond donors (Lipinski definition) is 1. The van der Waals surface area contributed by atoms with Crippen molar-refractivity contribution in [3.63, 3.8) is 0 Å². The van der Waals surface area contributed by atoms with Crippen molar-refractivity contribution < 1.29 is 4.92 Å². The van der Waals surface area contributed by atoms with Crippen LogP contribution in [0, 0.1) is 10.1 Å². The monoisotopic (exact) mass is 182 g/mol. The molecule has 2 N–H and O–H groups in total. The third kappa shape index (κ3) is 2.68. The number of nitrogens with zero attached hydrogens (tertiary/aromatic N) is 3. The number of aromatic nitrogens is 2. The average molecular weight is 182 g/mol. The van der Waals surface area contributed by atoms with Crippen molar-refractivity contribution in [3.8, 4) is 0 Å². The van der Waals surface area contributed by atoms with Crippen LogP contribution in [-0.2, 0) is 6.54 Å². The van der Waals surface area contributed by atoms with Gasteiger partial charge in [-0.05, 0) is 0 Å². The van der Waals surface area contributed by atoms with Gasteiger partial charge in [0.25, 0.3) is 0 Å². The van der Waals surface area contributed by atoms with Crippen molar-refractivity contribution >= 4 is 5.69 Å². The molecule has 0 fully saturated rings. The van der Waals surface area contributed by atoms with E-state index in [9.17, 15) is 10.1 Å². The van der Waals surface area contributed by atoms with E-state index >= 15 is 0 Å². The molecule has 1 aromatic rings. The van der Waals surface area contributed by atoms with Gasteiger partial charge in [0.05, 0.1) is 11.5 Å².